The number of Topliss-reactive ketones (excluding diaryl/α,β-unsaturated/α-hetero) is 1. The summed E-state index contributed by atoms with van der Waals surface area (Å²) < 4.78 is 0. The molecule has 1 aliphatic heterocycles. The first kappa shape index (κ1) is 17.9. The molecule has 0 saturated heterocycles. The normalized spacial score (nSPS) is 17.3. The van der Waals surface area contributed by atoms with E-state index in [9.17, 15) is 14.7 Å². The lowest BCUT2D eigenvalue weighted by molar-refractivity contribution is -0.118. The molecule has 0 radical (unpaired) electrons. The quantitative estimate of drug-likeness (QED) is 0.864. The van der Waals surface area contributed by atoms with Crippen LogP contribution in [0.2, 0.25) is 0 Å². The molecule has 4 heteroatoms. The first-order chi connectivity index (χ1) is 12.4. The number of ketones is 1. The van der Waals surface area contributed by atoms with E-state index >= 15 is 0 Å². The predicted octanol–water partition coefficient (Wildman–Crippen LogP) is 4.51. The van der Waals surface area contributed by atoms with Gasteiger partial charge in [-0.25, -0.2) is 0 Å². The van der Waals surface area contributed by atoms with Gasteiger partial charge in [-0.05, 0) is 30.5 Å². The number of benzene rings is 2. The molecule has 1 amide bonds. The predicted molar refractivity (Wildman–Crippen MR) is 102 cm³/mol. The Morgan fingerprint density at radius 2 is 1.81 bits per heavy atom. The highest BCUT2D eigenvalue weighted by Gasteiger charge is 2.44. The first-order valence-electron chi connectivity index (χ1n) is 8.81. The Kier molecular flexibility index (Phi) is 4.94. The highest BCUT2D eigenvalue weighted by atomic mass is 16.3. The molecule has 4 nitrogen and oxygen atoms in total. The van der Waals surface area contributed by atoms with Crippen LogP contribution in [0.15, 0.2) is 65.9 Å². The number of amides is 1. The average molecular weight is 349 g/mol. The number of aliphatic hydroxyl groups excluding tert-OH is 1. The summed E-state index contributed by atoms with van der Waals surface area (Å²) >= 11 is 0. The van der Waals surface area contributed by atoms with Gasteiger partial charge in [0.15, 0.2) is 11.5 Å². The number of aryl methyl sites for hydroxylation is 1. The zero-order valence-electron chi connectivity index (χ0n) is 15.3. The van der Waals surface area contributed by atoms with Gasteiger partial charge in [-0.3, -0.25) is 14.5 Å². The van der Waals surface area contributed by atoms with Crippen LogP contribution in [0.3, 0.4) is 0 Å². The maximum absolute atomic E-state index is 12.9. The van der Waals surface area contributed by atoms with Crippen LogP contribution in [0, 0.1) is 12.8 Å². The fraction of sp³-hybridized carbons (Fsp3) is 0.273. The van der Waals surface area contributed by atoms with Crippen molar-refractivity contribution in [3.63, 3.8) is 0 Å². The van der Waals surface area contributed by atoms with Crippen molar-refractivity contribution in [3.05, 3.63) is 77.1 Å². The van der Waals surface area contributed by atoms with Crippen molar-refractivity contribution in [1.82, 2.24) is 0 Å². The lowest BCUT2D eigenvalue weighted by Gasteiger charge is -2.27. The van der Waals surface area contributed by atoms with Gasteiger partial charge < -0.3 is 5.11 Å². The topological polar surface area (TPSA) is 57.6 Å². The number of carbonyl (C=O) groups excluding carboxylic acids is 2. The number of carbonyl (C=O) groups is 2. The number of nitrogens with zero attached hydrogens (tertiary/aromatic N) is 1. The van der Waals surface area contributed by atoms with E-state index in [1.807, 2.05) is 75.4 Å². The zero-order valence-corrected chi connectivity index (χ0v) is 15.3. The fourth-order valence-corrected chi connectivity index (χ4v) is 3.38. The van der Waals surface area contributed by atoms with Gasteiger partial charge in [-0.1, -0.05) is 61.9 Å². The van der Waals surface area contributed by atoms with E-state index < -0.39 is 17.7 Å². The molecule has 26 heavy (non-hydrogen) atoms. The summed E-state index contributed by atoms with van der Waals surface area (Å²) in [5.74, 6) is -1.02. The maximum Gasteiger partial charge on any atom is 0.294 e. The second-order valence-electron chi connectivity index (χ2n) is 7.11. The molecule has 0 saturated carbocycles. The summed E-state index contributed by atoms with van der Waals surface area (Å²) in [4.78, 5) is 27.2. The smallest absolute Gasteiger partial charge is 0.294 e. The molecule has 0 bridgehead atoms. The molecule has 0 fully saturated rings. The number of rotatable bonds is 5. The maximum atomic E-state index is 12.9. The van der Waals surface area contributed by atoms with Crippen LogP contribution in [0.4, 0.5) is 5.69 Å². The van der Waals surface area contributed by atoms with Gasteiger partial charge in [0, 0.05) is 12.1 Å². The van der Waals surface area contributed by atoms with Gasteiger partial charge in [0.2, 0.25) is 0 Å². The average Bonchev–Trinajstić information content (AvgIpc) is 2.87. The van der Waals surface area contributed by atoms with E-state index in [4.69, 9.17) is 0 Å². The molecule has 1 atom stereocenters. The first-order valence-corrected chi connectivity index (χ1v) is 8.81. The second kappa shape index (κ2) is 7.16. The lowest BCUT2D eigenvalue weighted by Crippen LogP contribution is -2.31. The van der Waals surface area contributed by atoms with Crippen LogP contribution in [0.5, 0.6) is 0 Å². The van der Waals surface area contributed by atoms with Crippen molar-refractivity contribution in [2.45, 2.75) is 33.2 Å². The zero-order chi connectivity index (χ0) is 18.8. The summed E-state index contributed by atoms with van der Waals surface area (Å²) in [5, 5.41) is 10.5. The van der Waals surface area contributed by atoms with Crippen molar-refractivity contribution in [2.24, 2.45) is 5.92 Å². The number of aliphatic hydroxyl groups is 1. The molecule has 0 aromatic heterocycles. The van der Waals surface area contributed by atoms with Crippen LogP contribution in [0.1, 0.15) is 37.4 Å². The molecular formula is C22H23NO3. The summed E-state index contributed by atoms with van der Waals surface area (Å²) in [5.41, 5.74) is 2.70. The summed E-state index contributed by atoms with van der Waals surface area (Å²) in [6, 6.07) is 16.2. The van der Waals surface area contributed by atoms with Crippen molar-refractivity contribution >= 4 is 17.4 Å². The van der Waals surface area contributed by atoms with Gasteiger partial charge in [0.25, 0.3) is 5.91 Å². The summed E-state index contributed by atoms with van der Waals surface area (Å²) in [7, 11) is 0. The Labute approximate surface area is 153 Å². The number of para-hydroxylation sites is 1. The minimum atomic E-state index is -0.615. The molecule has 0 spiro atoms. The molecule has 3 rings (SSSR count). The minimum absolute atomic E-state index is 0.141. The Morgan fingerprint density at radius 3 is 2.42 bits per heavy atom. The van der Waals surface area contributed by atoms with Gasteiger partial charge >= 0.3 is 0 Å². The molecule has 1 unspecified atom stereocenters. The highest BCUT2D eigenvalue weighted by molar-refractivity contribution is 6.16. The van der Waals surface area contributed by atoms with Crippen molar-refractivity contribution in [2.75, 3.05) is 4.90 Å². The third kappa shape index (κ3) is 3.27. The van der Waals surface area contributed by atoms with Crippen molar-refractivity contribution in [3.8, 4) is 0 Å². The minimum Gasteiger partial charge on any atom is -0.503 e. The third-order valence-corrected chi connectivity index (χ3v) is 4.49. The third-order valence-electron chi connectivity index (χ3n) is 4.49. The molecule has 1 aliphatic rings. The number of hydrogen-bond acceptors (Lipinski definition) is 3. The largest absolute Gasteiger partial charge is 0.503 e. The number of hydrogen-bond donors (Lipinski definition) is 1. The van der Waals surface area contributed by atoms with E-state index in [0.29, 0.717) is 5.69 Å². The van der Waals surface area contributed by atoms with E-state index in [2.05, 4.69) is 0 Å². The van der Waals surface area contributed by atoms with Crippen LogP contribution < -0.4 is 4.90 Å². The van der Waals surface area contributed by atoms with Crippen LogP contribution in [-0.2, 0) is 9.59 Å². The SMILES string of the molecule is Cc1cccc(C2C(C(=O)CC(C)C)=C(O)C(=O)N2c2ccccc2)c1. The fourth-order valence-electron chi connectivity index (χ4n) is 3.38. The summed E-state index contributed by atoms with van der Waals surface area (Å²) in [6.07, 6.45) is 0.289. The standard InChI is InChI=1S/C22H23NO3/c1-14(2)12-18(24)19-20(16-9-7-8-15(3)13-16)23(22(26)21(19)25)17-10-5-4-6-11-17/h4-11,13-14,20,25H,12H2,1-3H3. The molecule has 0 aliphatic carbocycles. The molecular weight excluding hydrogens is 326 g/mol. The van der Waals surface area contributed by atoms with E-state index in [1.54, 1.807) is 0 Å². The summed E-state index contributed by atoms with van der Waals surface area (Å²) in [6.45, 7) is 5.86. The second-order valence-corrected chi connectivity index (χ2v) is 7.11. The van der Waals surface area contributed by atoms with Gasteiger partial charge in [-0.15, -0.1) is 0 Å². The molecule has 2 aromatic rings. The van der Waals surface area contributed by atoms with Crippen LogP contribution >= 0.6 is 0 Å². The highest BCUT2D eigenvalue weighted by Crippen LogP contribution is 2.41. The Bertz CT molecular complexity index is 868. The lowest BCUT2D eigenvalue weighted by atomic mass is 9.91. The van der Waals surface area contributed by atoms with E-state index in [-0.39, 0.29) is 23.7 Å². The monoisotopic (exact) mass is 349 g/mol. The number of anilines is 1. The van der Waals surface area contributed by atoms with Gasteiger partial charge in [-0.2, -0.15) is 0 Å². The van der Waals surface area contributed by atoms with Gasteiger partial charge in [0.05, 0.1) is 11.6 Å². The Balaban J connectivity index is 2.15. The van der Waals surface area contributed by atoms with Crippen LogP contribution in [0.25, 0.3) is 0 Å². The Hall–Kier alpha value is -2.88. The molecule has 1 heterocycles. The van der Waals surface area contributed by atoms with E-state index in [0.717, 1.165) is 11.1 Å². The van der Waals surface area contributed by atoms with Crippen molar-refractivity contribution < 1.29 is 14.7 Å². The van der Waals surface area contributed by atoms with Crippen molar-refractivity contribution in [1.29, 1.82) is 0 Å². The molecule has 2 aromatic carbocycles. The Morgan fingerprint density at radius 1 is 1.12 bits per heavy atom. The van der Waals surface area contributed by atoms with E-state index in [1.165, 1.54) is 4.90 Å². The molecule has 134 valence electrons. The van der Waals surface area contributed by atoms with Crippen LogP contribution in [-0.4, -0.2) is 16.8 Å². The van der Waals surface area contributed by atoms with Gasteiger partial charge in [0.1, 0.15) is 0 Å². The molecule has 1 N–H and O–H groups in total.